The largest absolute Gasteiger partial charge is 0.411 e. The van der Waals surface area contributed by atoms with Crippen LogP contribution in [0.2, 0.25) is 0 Å². The maximum absolute atomic E-state index is 13.0. The van der Waals surface area contributed by atoms with Crippen LogP contribution in [-0.2, 0) is 0 Å². The maximum Gasteiger partial charge on any atom is 0.283 e. The highest BCUT2D eigenvalue weighted by atomic mass is 32.2. The van der Waals surface area contributed by atoms with E-state index >= 15 is 0 Å². The summed E-state index contributed by atoms with van der Waals surface area (Å²) in [7, 11) is 0. The Kier molecular flexibility index (Phi) is 6.28. The van der Waals surface area contributed by atoms with Gasteiger partial charge in [0.1, 0.15) is 0 Å². The second-order valence-electron chi connectivity index (χ2n) is 6.24. The SMILES string of the molecule is O=C(/C(=N\Nc1ccc([N+](=O)[O-])cc1)Sc1nnc(-c2ccncc2)o1)c1ccccc1. The van der Waals surface area contributed by atoms with Gasteiger partial charge < -0.3 is 4.42 Å². The minimum Gasteiger partial charge on any atom is -0.411 e. The fourth-order valence-corrected chi connectivity index (χ4v) is 3.22. The number of ketones is 1. The van der Waals surface area contributed by atoms with E-state index in [4.69, 9.17) is 4.42 Å². The number of hydrogen-bond donors (Lipinski definition) is 1. The molecule has 0 saturated carbocycles. The number of hydrogen-bond acceptors (Lipinski definition) is 10. The first kappa shape index (κ1) is 20.9. The van der Waals surface area contributed by atoms with Gasteiger partial charge in [0.15, 0.2) is 5.04 Å². The summed E-state index contributed by atoms with van der Waals surface area (Å²) in [6.07, 6.45) is 3.21. The van der Waals surface area contributed by atoms with Crippen molar-refractivity contribution in [2.24, 2.45) is 5.10 Å². The van der Waals surface area contributed by atoms with E-state index in [0.29, 0.717) is 16.8 Å². The number of anilines is 1. The highest BCUT2D eigenvalue weighted by Gasteiger charge is 2.20. The molecule has 4 aromatic rings. The molecule has 0 amide bonds. The zero-order valence-electron chi connectivity index (χ0n) is 16.3. The number of carbonyl (C=O) groups is 1. The monoisotopic (exact) mass is 446 g/mol. The molecule has 0 aliphatic rings. The molecule has 0 unspecified atom stereocenters. The van der Waals surface area contributed by atoms with E-state index in [-0.39, 0.29) is 27.6 Å². The smallest absolute Gasteiger partial charge is 0.283 e. The van der Waals surface area contributed by atoms with Crippen molar-refractivity contribution in [1.29, 1.82) is 0 Å². The number of thioether (sulfide) groups is 1. The highest BCUT2D eigenvalue weighted by Crippen LogP contribution is 2.25. The van der Waals surface area contributed by atoms with Gasteiger partial charge in [-0.15, -0.1) is 10.2 Å². The van der Waals surface area contributed by atoms with Gasteiger partial charge in [-0.1, -0.05) is 30.3 Å². The molecule has 32 heavy (non-hydrogen) atoms. The molecule has 0 aliphatic heterocycles. The second kappa shape index (κ2) is 9.62. The lowest BCUT2D eigenvalue weighted by atomic mass is 10.1. The standard InChI is InChI=1S/C21H14N6O4S/c28-18(14-4-2-1-3-5-14)20(25-23-16-6-8-17(9-7-16)27(29)30)32-21-26-24-19(31-21)15-10-12-22-13-11-15/h1-13,23H/b25-20+. The summed E-state index contributed by atoms with van der Waals surface area (Å²) in [6.45, 7) is 0. The number of nitro benzene ring substituents is 1. The number of benzene rings is 2. The van der Waals surface area contributed by atoms with Crippen molar-refractivity contribution in [3.05, 3.63) is 94.8 Å². The summed E-state index contributed by atoms with van der Waals surface area (Å²) in [5, 5.41) is 23.2. The average Bonchev–Trinajstić information content (AvgIpc) is 3.31. The van der Waals surface area contributed by atoms with E-state index in [9.17, 15) is 14.9 Å². The summed E-state index contributed by atoms with van der Waals surface area (Å²) >= 11 is 0.908. The van der Waals surface area contributed by atoms with Crippen LogP contribution < -0.4 is 5.43 Å². The Hall–Kier alpha value is -4.38. The molecule has 2 heterocycles. The number of nitro groups is 1. The minimum atomic E-state index is -0.497. The molecule has 2 aromatic heterocycles. The topological polar surface area (TPSA) is 136 Å². The lowest BCUT2D eigenvalue weighted by Crippen LogP contribution is -2.13. The molecule has 0 spiro atoms. The van der Waals surface area contributed by atoms with Crippen molar-refractivity contribution in [2.75, 3.05) is 5.43 Å². The second-order valence-corrected chi connectivity index (χ2v) is 7.18. The molecule has 2 aromatic carbocycles. The lowest BCUT2D eigenvalue weighted by Gasteiger charge is -2.05. The van der Waals surface area contributed by atoms with Crippen molar-refractivity contribution in [3.63, 3.8) is 0 Å². The third-order valence-electron chi connectivity index (χ3n) is 4.11. The molecule has 158 valence electrons. The molecule has 0 aliphatic carbocycles. The number of carbonyl (C=O) groups excluding carboxylic acids is 1. The van der Waals surface area contributed by atoms with Gasteiger partial charge in [-0.05, 0) is 36.0 Å². The van der Waals surface area contributed by atoms with E-state index in [2.05, 4.69) is 25.7 Å². The lowest BCUT2D eigenvalue weighted by molar-refractivity contribution is -0.384. The first-order valence-corrected chi connectivity index (χ1v) is 10.0. The van der Waals surface area contributed by atoms with Crippen molar-refractivity contribution in [1.82, 2.24) is 15.2 Å². The Labute approximate surface area is 185 Å². The number of Topliss-reactive ketones (excluding diaryl/α,β-unsaturated/α-hetero) is 1. The summed E-state index contributed by atoms with van der Waals surface area (Å²) in [5.74, 6) is -0.0709. The number of rotatable bonds is 7. The van der Waals surface area contributed by atoms with Crippen LogP contribution in [0.3, 0.4) is 0 Å². The van der Waals surface area contributed by atoms with Crippen LogP contribution in [0, 0.1) is 10.1 Å². The first-order valence-electron chi connectivity index (χ1n) is 9.20. The maximum atomic E-state index is 13.0. The molecule has 1 N–H and O–H groups in total. The van der Waals surface area contributed by atoms with Crippen LogP contribution >= 0.6 is 11.8 Å². The molecule has 0 fully saturated rings. The van der Waals surface area contributed by atoms with Gasteiger partial charge in [0.25, 0.3) is 10.9 Å². The van der Waals surface area contributed by atoms with Gasteiger partial charge in [-0.3, -0.25) is 25.3 Å². The van der Waals surface area contributed by atoms with Crippen LogP contribution in [0.4, 0.5) is 11.4 Å². The number of nitrogens with one attached hydrogen (secondary N) is 1. The van der Waals surface area contributed by atoms with E-state index in [1.54, 1.807) is 54.9 Å². The molecular formula is C21H14N6O4S. The predicted octanol–water partition coefficient (Wildman–Crippen LogP) is 4.44. The Bertz CT molecular complexity index is 1260. The molecule has 4 rings (SSSR count). The molecule has 0 saturated heterocycles. The predicted molar refractivity (Wildman–Crippen MR) is 118 cm³/mol. The fraction of sp³-hybridized carbons (Fsp3) is 0. The Balaban J connectivity index is 1.59. The molecule has 0 bridgehead atoms. The van der Waals surface area contributed by atoms with Gasteiger partial charge in [0.2, 0.25) is 11.7 Å². The molecule has 11 heteroatoms. The van der Waals surface area contributed by atoms with E-state index < -0.39 is 4.92 Å². The van der Waals surface area contributed by atoms with Gasteiger partial charge >= 0.3 is 0 Å². The quantitative estimate of drug-likeness (QED) is 0.109. The molecular weight excluding hydrogens is 432 g/mol. The van der Waals surface area contributed by atoms with Crippen molar-refractivity contribution < 1.29 is 14.1 Å². The number of non-ortho nitro benzene ring substituents is 1. The Morgan fingerprint density at radius 2 is 1.72 bits per heavy atom. The normalized spacial score (nSPS) is 11.2. The Morgan fingerprint density at radius 3 is 2.41 bits per heavy atom. The summed E-state index contributed by atoms with van der Waals surface area (Å²) in [5.41, 5.74) is 4.28. The van der Waals surface area contributed by atoms with Gasteiger partial charge in [-0.25, -0.2) is 0 Å². The van der Waals surface area contributed by atoms with Gasteiger partial charge in [0, 0.05) is 35.7 Å². The summed E-state index contributed by atoms with van der Waals surface area (Å²) in [6, 6.07) is 17.7. The molecule has 10 nitrogen and oxygen atoms in total. The zero-order valence-corrected chi connectivity index (χ0v) is 17.1. The molecule has 0 radical (unpaired) electrons. The minimum absolute atomic E-state index is 0.0519. The van der Waals surface area contributed by atoms with Crippen molar-refractivity contribution in [3.8, 4) is 11.5 Å². The fourth-order valence-electron chi connectivity index (χ4n) is 2.55. The third-order valence-corrected chi connectivity index (χ3v) is 4.92. The number of aromatic nitrogens is 3. The van der Waals surface area contributed by atoms with Crippen molar-refractivity contribution in [2.45, 2.75) is 5.22 Å². The molecule has 0 atom stereocenters. The van der Waals surface area contributed by atoms with E-state index in [0.717, 1.165) is 11.8 Å². The Morgan fingerprint density at radius 1 is 1.00 bits per heavy atom. The highest BCUT2D eigenvalue weighted by molar-refractivity contribution is 8.15. The number of nitrogens with zero attached hydrogens (tertiary/aromatic N) is 5. The van der Waals surface area contributed by atoms with Crippen LogP contribution in [0.25, 0.3) is 11.5 Å². The van der Waals surface area contributed by atoms with Crippen LogP contribution in [0.5, 0.6) is 0 Å². The number of pyridine rings is 1. The van der Waals surface area contributed by atoms with Crippen LogP contribution in [-0.4, -0.2) is 30.9 Å². The first-order chi connectivity index (χ1) is 15.6. The van der Waals surface area contributed by atoms with Gasteiger partial charge in [-0.2, -0.15) is 5.10 Å². The summed E-state index contributed by atoms with van der Waals surface area (Å²) in [4.78, 5) is 27.3. The third kappa shape index (κ3) is 5.02. The zero-order chi connectivity index (χ0) is 22.3. The number of hydrazone groups is 1. The van der Waals surface area contributed by atoms with Crippen molar-refractivity contribution >= 4 is 34.0 Å². The van der Waals surface area contributed by atoms with Crippen LogP contribution in [0.15, 0.2) is 93.9 Å². The summed E-state index contributed by atoms with van der Waals surface area (Å²) < 4.78 is 5.66. The van der Waals surface area contributed by atoms with Gasteiger partial charge in [0.05, 0.1) is 10.6 Å². The average molecular weight is 446 g/mol. The van der Waals surface area contributed by atoms with E-state index in [1.807, 2.05) is 0 Å². The van der Waals surface area contributed by atoms with E-state index in [1.165, 1.54) is 24.3 Å². The van der Waals surface area contributed by atoms with Crippen LogP contribution in [0.1, 0.15) is 10.4 Å².